The Hall–Kier alpha value is -1.52. The van der Waals surface area contributed by atoms with Gasteiger partial charge in [-0.15, -0.1) is 0 Å². The number of halogens is 2. The van der Waals surface area contributed by atoms with Gasteiger partial charge in [0.25, 0.3) is 0 Å². The molecule has 3 N–H and O–H groups in total. The van der Waals surface area contributed by atoms with E-state index in [1.807, 2.05) is 30.3 Å². The monoisotopic (exact) mass is 338 g/mol. The molecule has 0 heterocycles. The summed E-state index contributed by atoms with van der Waals surface area (Å²) < 4.78 is 0.984. The van der Waals surface area contributed by atoms with E-state index < -0.39 is 5.91 Å². The van der Waals surface area contributed by atoms with Gasteiger partial charge in [-0.2, -0.15) is 0 Å². The van der Waals surface area contributed by atoms with E-state index in [1.165, 1.54) is 0 Å². The zero-order chi connectivity index (χ0) is 13.8. The average molecular weight is 340 g/mol. The van der Waals surface area contributed by atoms with Crippen molar-refractivity contribution < 1.29 is 4.79 Å². The van der Waals surface area contributed by atoms with Gasteiger partial charge >= 0.3 is 0 Å². The van der Waals surface area contributed by atoms with E-state index in [-0.39, 0.29) is 0 Å². The number of hydrogen-bond acceptors (Lipinski definition) is 2. The van der Waals surface area contributed by atoms with Crippen LogP contribution in [0.4, 0.5) is 5.69 Å². The number of primary amides is 1. The van der Waals surface area contributed by atoms with Gasteiger partial charge in [-0.05, 0) is 48.0 Å². The first kappa shape index (κ1) is 13.9. The van der Waals surface area contributed by atoms with Gasteiger partial charge in [-0.1, -0.05) is 27.5 Å². The molecule has 2 aromatic carbocycles. The second-order valence-corrected chi connectivity index (χ2v) is 5.35. The van der Waals surface area contributed by atoms with Crippen LogP contribution in [0.15, 0.2) is 46.9 Å². The first-order valence-electron chi connectivity index (χ1n) is 5.64. The van der Waals surface area contributed by atoms with Crippen molar-refractivity contribution in [1.29, 1.82) is 0 Å². The Morgan fingerprint density at radius 1 is 1.21 bits per heavy atom. The molecule has 0 unspecified atom stereocenters. The fraction of sp³-hybridized carbons (Fsp3) is 0.0714. The number of amides is 1. The van der Waals surface area contributed by atoms with Crippen LogP contribution in [0.25, 0.3) is 0 Å². The third-order valence-electron chi connectivity index (χ3n) is 2.66. The van der Waals surface area contributed by atoms with Gasteiger partial charge in [0.05, 0.1) is 0 Å². The molecule has 19 heavy (non-hydrogen) atoms. The van der Waals surface area contributed by atoms with Crippen LogP contribution in [0, 0.1) is 0 Å². The molecular weight excluding hydrogens is 328 g/mol. The maximum absolute atomic E-state index is 11.0. The van der Waals surface area contributed by atoms with Crippen molar-refractivity contribution >= 4 is 39.1 Å². The van der Waals surface area contributed by atoms with Gasteiger partial charge < -0.3 is 11.1 Å². The maximum atomic E-state index is 11.0. The third-order valence-corrected chi connectivity index (χ3v) is 3.52. The molecule has 0 spiro atoms. The molecule has 2 aromatic rings. The predicted octanol–water partition coefficient (Wildman–Crippen LogP) is 3.81. The van der Waals surface area contributed by atoms with Crippen LogP contribution in [0.5, 0.6) is 0 Å². The molecule has 0 aliphatic carbocycles. The zero-order valence-corrected chi connectivity index (χ0v) is 12.3. The van der Waals surface area contributed by atoms with Crippen LogP contribution in [-0.2, 0) is 6.54 Å². The molecule has 1 amide bonds. The summed E-state index contributed by atoms with van der Waals surface area (Å²) in [5.74, 6) is -0.429. The minimum atomic E-state index is -0.429. The van der Waals surface area contributed by atoms with Crippen molar-refractivity contribution in [3.05, 3.63) is 63.1 Å². The fourth-order valence-electron chi connectivity index (χ4n) is 1.63. The van der Waals surface area contributed by atoms with E-state index in [0.717, 1.165) is 15.7 Å². The highest BCUT2D eigenvalue weighted by Gasteiger charge is 2.02. The quantitative estimate of drug-likeness (QED) is 0.890. The summed E-state index contributed by atoms with van der Waals surface area (Å²) in [5, 5.41) is 3.95. The summed E-state index contributed by atoms with van der Waals surface area (Å²) in [6.45, 7) is 0.605. The Labute approximate surface area is 124 Å². The molecule has 0 bridgehead atoms. The minimum Gasteiger partial charge on any atom is -0.381 e. The van der Waals surface area contributed by atoms with E-state index >= 15 is 0 Å². The number of nitrogens with one attached hydrogen (secondary N) is 1. The third kappa shape index (κ3) is 3.72. The highest BCUT2D eigenvalue weighted by Crippen LogP contribution is 2.22. The van der Waals surface area contributed by atoms with Crippen molar-refractivity contribution in [2.24, 2.45) is 5.73 Å². The Balaban J connectivity index is 2.06. The molecule has 0 radical (unpaired) electrons. The SMILES string of the molecule is NC(=O)c1ccc(NCc2cc(Br)ccc2Cl)cc1. The molecule has 0 aliphatic rings. The molecule has 2 rings (SSSR count). The summed E-state index contributed by atoms with van der Waals surface area (Å²) in [6, 6.07) is 12.7. The number of anilines is 1. The zero-order valence-electron chi connectivity index (χ0n) is 9.99. The number of benzene rings is 2. The first-order chi connectivity index (χ1) is 9.06. The Bertz CT molecular complexity index is 599. The molecule has 0 saturated heterocycles. The first-order valence-corrected chi connectivity index (χ1v) is 6.81. The van der Waals surface area contributed by atoms with Gasteiger partial charge in [0.1, 0.15) is 0 Å². The summed E-state index contributed by atoms with van der Waals surface area (Å²) >= 11 is 9.52. The van der Waals surface area contributed by atoms with Crippen molar-refractivity contribution in [3.63, 3.8) is 0 Å². The fourth-order valence-corrected chi connectivity index (χ4v) is 2.22. The van der Waals surface area contributed by atoms with Crippen molar-refractivity contribution in [2.45, 2.75) is 6.54 Å². The van der Waals surface area contributed by atoms with Crippen LogP contribution in [0.1, 0.15) is 15.9 Å². The second kappa shape index (κ2) is 6.08. The molecule has 0 saturated carbocycles. The standard InChI is InChI=1S/C14H12BrClN2O/c15-11-3-6-13(16)10(7-11)8-18-12-4-1-9(2-5-12)14(17)19/h1-7,18H,8H2,(H2,17,19). The van der Waals surface area contributed by atoms with E-state index in [9.17, 15) is 4.79 Å². The normalized spacial score (nSPS) is 10.2. The van der Waals surface area contributed by atoms with Crippen LogP contribution in [0.2, 0.25) is 5.02 Å². The highest BCUT2D eigenvalue weighted by molar-refractivity contribution is 9.10. The Morgan fingerprint density at radius 3 is 2.53 bits per heavy atom. The molecule has 98 valence electrons. The van der Waals surface area contributed by atoms with Crippen LogP contribution >= 0.6 is 27.5 Å². The van der Waals surface area contributed by atoms with E-state index in [1.54, 1.807) is 12.1 Å². The largest absolute Gasteiger partial charge is 0.381 e. The van der Waals surface area contributed by atoms with Crippen molar-refractivity contribution in [1.82, 2.24) is 0 Å². The van der Waals surface area contributed by atoms with Crippen molar-refractivity contribution in [2.75, 3.05) is 5.32 Å². The lowest BCUT2D eigenvalue weighted by Crippen LogP contribution is -2.10. The lowest BCUT2D eigenvalue weighted by molar-refractivity contribution is 0.100. The Kier molecular flexibility index (Phi) is 4.45. The predicted molar refractivity (Wildman–Crippen MR) is 81.4 cm³/mol. The number of hydrogen-bond donors (Lipinski definition) is 2. The maximum Gasteiger partial charge on any atom is 0.248 e. The van der Waals surface area contributed by atoms with Gasteiger partial charge in [-0.3, -0.25) is 4.79 Å². The number of carbonyl (C=O) groups excluding carboxylic acids is 1. The summed E-state index contributed by atoms with van der Waals surface area (Å²) in [7, 11) is 0. The lowest BCUT2D eigenvalue weighted by atomic mass is 10.2. The minimum absolute atomic E-state index is 0.429. The molecular formula is C14H12BrClN2O. The highest BCUT2D eigenvalue weighted by atomic mass is 79.9. The van der Waals surface area contributed by atoms with Crippen molar-refractivity contribution in [3.8, 4) is 0 Å². The molecule has 5 heteroatoms. The average Bonchev–Trinajstić information content (AvgIpc) is 2.40. The lowest BCUT2D eigenvalue weighted by Gasteiger charge is -2.09. The Morgan fingerprint density at radius 2 is 1.89 bits per heavy atom. The van der Waals surface area contributed by atoms with Crippen LogP contribution < -0.4 is 11.1 Å². The molecule has 3 nitrogen and oxygen atoms in total. The van der Waals surface area contributed by atoms with Gasteiger partial charge in [-0.25, -0.2) is 0 Å². The van der Waals surface area contributed by atoms with E-state index in [4.69, 9.17) is 17.3 Å². The summed E-state index contributed by atoms with van der Waals surface area (Å²) in [6.07, 6.45) is 0. The van der Waals surface area contributed by atoms with Gasteiger partial charge in [0.15, 0.2) is 0 Å². The smallest absolute Gasteiger partial charge is 0.248 e. The summed E-state index contributed by atoms with van der Waals surface area (Å²) in [5.41, 5.74) is 7.57. The van der Waals surface area contributed by atoms with Gasteiger partial charge in [0.2, 0.25) is 5.91 Å². The summed E-state index contributed by atoms with van der Waals surface area (Å²) in [4.78, 5) is 11.0. The molecule has 0 aliphatic heterocycles. The topological polar surface area (TPSA) is 55.1 Å². The second-order valence-electron chi connectivity index (χ2n) is 4.03. The van der Waals surface area contributed by atoms with Gasteiger partial charge in [0, 0.05) is 27.3 Å². The van der Waals surface area contributed by atoms with E-state index in [2.05, 4.69) is 21.2 Å². The number of nitrogens with two attached hydrogens (primary N) is 1. The molecule has 0 aromatic heterocycles. The molecule has 0 atom stereocenters. The number of rotatable bonds is 4. The number of carbonyl (C=O) groups is 1. The van der Waals surface area contributed by atoms with Crippen LogP contribution in [0.3, 0.4) is 0 Å². The molecule has 0 fully saturated rings. The van der Waals surface area contributed by atoms with Crippen LogP contribution in [-0.4, -0.2) is 5.91 Å². The van der Waals surface area contributed by atoms with E-state index in [0.29, 0.717) is 17.1 Å².